The van der Waals surface area contributed by atoms with E-state index in [4.69, 9.17) is 16.7 Å². The monoisotopic (exact) mass is 257 g/mol. The van der Waals surface area contributed by atoms with Gasteiger partial charge in [0.1, 0.15) is 0 Å². The molecule has 94 valence electrons. The third-order valence-electron chi connectivity index (χ3n) is 2.93. The highest BCUT2D eigenvalue weighted by atomic mass is 35.5. The first-order valence-electron chi connectivity index (χ1n) is 5.71. The summed E-state index contributed by atoms with van der Waals surface area (Å²) in [5, 5.41) is 12.1. The standard InChI is InChI=1S/C10H16ClN5O/c1-12-9-13-8(11)14-10(15-9)16(5-6-17)7-3-2-4-7/h7,17H,2-6H2,1H3,(H,12,13,14,15). The number of aliphatic hydroxyl groups excluding tert-OH is 1. The summed E-state index contributed by atoms with van der Waals surface area (Å²) in [4.78, 5) is 14.3. The van der Waals surface area contributed by atoms with Crippen LogP contribution in [0.4, 0.5) is 11.9 Å². The van der Waals surface area contributed by atoms with E-state index in [0.29, 0.717) is 24.5 Å². The van der Waals surface area contributed by atoms with Crippen LogP contribution in [0.1, 0.15) is 19.3 Å². The largest absolute Gasteiger partial charge is 0.395 e. The highest BCUT2D eigenvalue weighted by Crippen LogP contribution is 2.28. The van der Waals surface area contributed by atoms with Crippen LogP contribution in [-0.4, -0.2) is 46.3 Å². The Bertz CT molecular complexity index is 385. The molecule has 1 aromatic rings. The number of hydrogen-bond donors (Lipinski definition) is 2. The van der Waals surface area contributed by atoms with Crippen LogP contribution in [0, 0.1) is 0 Å². The van der Waals surface area contributed by atoms with Gasteiger partial charge in [-0.2, -0.15) is 15.0 Å². The van der Waals surface area contributed by atoms with E-state index in [1.54, 1.807) is 7.05 Å². The average molecular weight is 258 g/mol. The van der Waals surface area contributed by atoms with Gasteiger partial charge in [-0.3, -0.25) is 0 Å². The Balaban J connectivity index is 2.24. The lowest BCUT2D eigenvalue weighted by molar-refractivity contribution is 0.282. The Labute approximate surface area is 105 Å². The van der Waals surface area contributed by atoms with Crippen LogP contribution in [0.15, 0.2) is 0 Å². The molecule has 1 aromatic heterocycles. The summed E-state index contributed by atoms with van der Waals surface area (Å²) in [7, 11) is 1.73. The molecule has 0 amide bonds. The number of halogens is 1. The van der Waals surface area contributed by atoms with Gasteiger partial charge in [0.2, 0.25) is 17.2 Å². The summed E-state index contributed by atoms with van der Waals surface area (Å²) in [6.07, 6.45) is 3.43. The van der Waals surface area contributed by atoms with Gasteiger partial charge < -0.3 is 15.3 Å². The van der Waals surface area contributed by atoms with Crippen LogP contribution in [-0.2, 0) is 0 Å². The van der Waals surface area contributed by atoms with Crippen LogP contribution < -0.4 is 10.2 Å². The zero-order valence-corrected chi connectivity index (χ0v) is 10.5. The second kappa shape index (κ2) is 5.46. The molecule has 0 radical (unpaired) electrons. The lowest BCUT2D eigenvalue weighted by Gasteiger charge is -2.37. The van der Waals surface area contributed by atoms with E-state index >= 15 is 0 Å². The predicted molar refractivity (Wildman–Crippen MR) is 66.5 cm³/mol. The quantitative estimate of drug-likeness (QED) is 0.817. The van der Waals surface area contributed by atoms with E-state index in [0.717, 1.165) is 12.8 Å². The van der Waals surface area contributed by atoms with Gasteiger partial charge in [-0.25, -0.2) is 0 Å². The molecule has 0 bridgehead atoms. The zero-order valence-electron chi connectivity index (χ0n) is 9.73. The van der Waals surface area contributed by atoms with Crippen molar-refractivity contribution in [3.63, 3.8) is 0 Å². The minimum Gasteiger partial charge on any atom is -0.395 e. The van der Waals surface area contributed by atoms with Crippen molar-refractivity contribution in [2.75, 3.05) is 30.4 Å². The molecule has 1 aliphatic carbocycles. The van der Waals surface area contributed by atoms with Gasteiger partial charge in [0.15, 0.2) is 0 Å². The average Bonchev–Trinajstić information content (AvgIpc) is 2.25. The summed E-state index contributed by atoms with van der Waals surface area (Å²) in [5.41, 5.74) is 0. The molecule has 6 nitrogen and oxygen atoms in total. The minimum atomic E-state index is 0.0781. The molecule has 0 saturated heterocycles. The maximum absolute atomic E-state index is 9.10. The van der Waals surface area contributed by atoms with Crippen molar-refractivity contribution < 1.29 is 5.11 Å². The molecule has 1 fully saturated rings. The Morgan fingerprint density at radius 2 is 2.18 bits per heavy atom. The van der Waals surface area contributed by atoms with Crippen molar-refractivity contribution in [2.45, 2.75) is 25.3 Å². The molecule has 0 spiro atoms. The van der Waals surface area contributed by atoms with E-state index in [1.807, 2.05) is 4.90 Å². The molecule has 17 heavy (non-hydrogen) atoms. The molecule has 1 aliphatic rings. The van der Waals surface area contributed by atoms with Gasteiger partial charge in [0.25, 0.3) is 0 Å². The summed E-state index contributed by atoms with van der Waals surface area (Å²) in [6.45, 7) is 0.600. The lowest BCUT2D eigenvalue weighted by atomic mass is 9.92. The third kappa shape index (κ3) is 2.76. The molecule has 0 aliphatic heterocycles. The van der Waals surface area contributed by atoms with E-state index in [9.17, 15) is 0 Å². The number of aromatic nitrogens is 3. The van der Waals surface area contributed by atoms with Gasteiger partial charge in [-0.1, -0.05) is 0 Å². The zero-order chi connectivity index (χ0) is 12.3. The van der Waals surface area contributed by atoms with Crippen LogP contribution in [0.25, 0.3) is 0 Å². The van der Waals surface area contributed by atoms with E-state index in [-0.39, 0.29) is 11.9 Å². The van der Waals surface area contributed by atoms with E-state index in [2.05, 4.69) is 20.3 Å². The first-order valence-corrected chi connectivity index (χ1v) is 6.09. The van der Waals surface area contributed by atoms with Crippen molar-refractivity contribution >= 4 is 23.5 Å². The number of anilines is 2. The summed E-state index contributed by atoms with van der Waals surface area (Å²) in [5.74, 6) is 0.982. The van der Waals surface area contributed by atoms with Crippen molar-refractivity contribution in [3.05, 3.63) is 5.28 Å². The van der Waals surface area contributed by atoms with Crippen LogP contribution in [0.5, 0.6) is 0 Å². The number of nitrogens with one attached hydrogen (secondary N) is 1. The van der Waals surface area contributed by atoms with Crippen molar-refractivity contribution in [2.24, 2.45) is 0 Å². The molecular formula is C10H16ClN5O. The predicted octanol–water partition coefficient (Wildman–Crippen LogP) is 0.918. The Kier molecular flexibility index (Phi) is 3.96. The molecule has 1 saturated carbocycles. The molecule has 2 rings (SSSR count). The van der Waals surface area contributed by atoms with Crippen LogP contribution in [0.3, 0.4) is 0 Å². The van der Waals surface area contributed by atoms with E-state index < -0.39 is 0 Å². The summed E-state index contributed by atoms with van der Waals surface area (Å²) < 4.78 is 0. The molecule has 0 atom stereocenters. The van der Waals surface area contributed by atoms with Gasteiger partial charge in [-0.05, 0) is 30.9 Å². The number of aliphatic hydroxyl groups is 1. The van der Waals surface area contributed by atoms with Crippen molar-refractivity contribution in [1.82, 2.24) is 15.0 Å². The molecular weight excluding hydrogens is 242 g/mol. The fraction of sp³-hybridized carbons (Fsp3) is 0.700. The van der Waals surface area contributed by atoms with Crippen molar-refractivity contribution in [3.8, 4) is 0 Å². The highest BCUT2D eigenvalue weighted by Gasteiger charge is 2.27. The van der Waals surface area contributed by atoms with Gasteiger partial charge in [-0.15, -0.1) is 0 Å². The Morgan fingerprint density at radius 3 is 2.71 bits per heavy atom. The first-order chi connectivity index (χ1) is 8.24. The number of rotatable bonds is 5. The topological polar surface area (TPSA) is 74.2 Å². The smallest absolute Gasteiger partial charge is 0.231 e. The molecule has 0 aromatic carbocycles. The van der Waals surface area contributed by atoms with E-state index in [1.165, 1.54) is 6.42 Å². The summed E-state index contributed by atoms with van der Waals surface area (Å²) in [6, 6.07) is 0.408. The van der Waals surface area contributed by atoms with Gasteiger partial charge in [0, 0.05) is 19.6 Å². The Hall–Kier alpha value is -1.14. The first kappa shape index (κ1) is 12.3. The fourth-order valence-corrected chi connectivity index (χ4v) is 1.99. The number of nitrogens with zero attached hydrogens (tertiary/aromatic N) is 4. The lowest BCUT2D eigenvalue weighted by Crippen LogP contribution is -2.43. The maximum Gasteiger partial charge on any atom is 0.231 e. The molecule has 0 unspecified atom stereocenters. The van der Waals surface area contributed by atoms with Crippen molar-refractivity contribution in [1.29, 1.82) is 0 Å². The highest BCUT2D eigenvalue weighted by molar-refractivity contribution is 6.28. The third-order valence-corrected chi connectivity index (χ3v) is 3.10. The van der Waals surface area contributed by atoms with Crippen LogP contribution in [0.2, 0.25) is 5.28 Å². The second-order valence-electron chi connectivity index (χ2n) is 3.98. The van der Waals surface area contributed by atoms with Gasteiger partial charge >= 0.3 is 0 Å². The summed E-state index contributed by atoms with van der Waals surface area (Å²) >= 11 is 5.85. The van der Waals surface area contributed by atoms with Gasteiger partial charge in [0.05, 0.1) is 6.61 Å². The normalized spacial score (nSPS) is 15.5. The molecule has 1 heterocycles. The molecule has 7 heteroatoms. The SMILES string of the molecule is CNc1nc(Cl)nc(N(CCO)C2CCC2)n1. The molecule has 2 N–H and O–H groups in total. The second-order valence-corrected chi connectivity index (χ2v) is 4.32. The minimum absolute atomic E-state index is 0.0781. The maximum atomic E-state index is 9.10. The fourth-order valence-electron chi connectivity index (χ4n) is 1.83. The Morgan fingerprint density at radius 1 is 1.41 bits per heavy atom. The number of hydrogen-bond acceptors (Lipinski definition) is 6. The van der Waals surface area contributed by atoms with Crippen LogP contribution >= 0.6 is 11.6 Å².